The van der Waals surface area contributed by atoms with E-state index in [-0.39, 0.29) is 11.8 Å². The molecule has 1 heterocycles. The van der Waals surface area contributed by atoms with Crippen LogP contribution >= 0.6 is 22.9 Å². The summed E-state index contributed by atoms with van der Waals surface area (Å²) in [6.07, 6.45) is -0.568. The molecule has 1 amide bonds. The first kappa shape index (κ1) is 14.1. The van der Waals surface area contributed by atoms with Crippen molar-refractivity contribution in [2.24, 2.45) is 0 Å². The Morgan fingerprint density at radius 1 is 1.47 bits per heavy atom. The Morgan fingerprint density at radius 2 is 2.26 bits per heavy atom. The minimum Gasteiger partial charge on any atom is -0.390 e. The average molecular weight is 299 g/mol. The zero-order valence-corrected chi connectivity index (χ0v) is 12.0. The molecule has 0 saturated carbocycles. The zero-order valence-electron chi connectivity index (χ0n) is 10.4. The van der Waals surface area contributed by atoms with Gasteiger partial charge in [0.2, 0.25) is 0 Å². The van der Waals surface area contributed by atoms with E-state index in [0.29, 0.717) is 11.4 Å². The van der Waals surface area contributed by atoms with Crippen LogP contribution in [0.4, 0.5) is 5.69 Å². The number of hydrogen-bond donors (Lipinski definition) is 3. The highest BCUT2D eigenvalue weighted by Gasteiger charge is 2.09. The summed E-state index contributed by atoms with van der Waals surface area (Å²) >= 11 is 6.99. The normalized spacial score (nSPS) is 12.4. The van der Waals surface area contributed by atoms with Gasteiger partial charge in [0.1, 0.15) is 0 Å². The molecule has 0 aliphatic heterocycles. The molecule has 0 bridgehead atoms. The van der Waals surface area contributed by atoms with E-state index in [1.54, 1.807) is 7.05 Å². The number of benzene rings is 1. The van der Waals surface area contributed by atoms with Crippen molar-refractivity contribution in [1.82, 2.24) is 5.32 Å². The van der Waals surface area contributed by atoms with E-state index in [9.17, 15) is 9.90 Å². The lowest BCUT2D eigenvalue weighted by Gasteiger charge is -2.09. The molecular formula is C13H15ClN2O2S. The van der Waals surface area contributed by atoms with Crippen LogP contribution in [-0.2, 0) is 0 Å². The van der Waals surface area contributed by atoms with Crippen molar-refractivity contribution in [2.75, 3.05) is 24.8 Å². The molecule has 4 nitrogen and oxygen atoms in total. The van der Waals surface area contributed by atoms with Crippen molar-refractivity contribution in [1.29, 1.82) is 0 Å². The molecule has 1 aromatic heterocycles. The molecule has 1 aromatic carbocycles. The van der Waals surface area contributed by atoms with E-state index >= 15 is 0 Å². The fourth-order valence-corrected chi connectivity index (χ4v) is 2.78. The van der Waals surface area contributed by atoms with Gasteiger partial charge in [0.15, 0.2) is 0 Å². The fourth-order valence-electron chi connectivity index (χ4n) is 1.68. The van der Waals surface area contributed by atoms with Crippen molar-refractivity contribution in [3.8, 4) is 0 Å². The molecular weight excluding hydrogens is 284 g/mol. The number of thiophene rings is 1. The third-order valence-electron chi connectivity index (χ3n) is 2.69. The molecule has 2 rings (SSSR count). The molecule has 1 atom stereocenters. The van der Waals surface area contributed by atoms with Crippen molar-refractivity contribution in [2.45, 2.75) is 6.10 Å². The number of carbonyl (C=O) groups is 1. The van der Waals surface area contributed by atoms with Gasteiger partial charge >= 0.3 is 0 Å². The largest absolute Gasteiger partial charge is 0.390 e. The molecule has 1 unspecified atom stereocenters. The van der Waals surface area contributed by atoms with Gasteiger partial charge in [-0.05, 0) is 29.7 Å². The highest BCUT2D eigenvalue weighted by atomic mass is 35.5. The predicted molar refractivity (Wildman–Crippen MR) is 80.4 cm³/mol. The van der Waals surface area contributed by atoms with E-state index in [1.807, 2.05) is 24.3 Å². The Bertz CT molecular complexity index is 585. The highest BCUT2D eigenvalue weighted by Crippen LogP contribution is 2.28. The molecule has 0 aliphatic carbocycles. The van der Waals surface area contributed by atoms with Gasteiger partial charge in [-0.1, -0.05) is 0 Å². The van der Waals surface area contributed by atoms with Gasteiger partial charge in [0, 0.05) is 24.0 Å². The van der Waals surface area contributed by atoms with Gasteiger partial charge in [-0.3, -0.25) is 4.79 Å². The Balaban J connectivity index is 2.18. The van der Waals surface area contributed by atoms with Crippen LogP contribution in [0.15, 0.2) is 24.3 Å². The van der Waals surface area contributed by atoms with Gasteiger partial charge in [-0.25, -0.2) is 0 Å². The lowest BCUT2D eigenvalue weighted by molar-refractivity contribution is 0.0967. The molecule has 0 radical (unpaired) electrons. The van der Waals surface area contributed by atoms with Crippen LogP contribution in [0.1, 0.15) is 9.67 Å². The maximum absolute atomic E-state index is 11.6. The number of alkyl halides is 1. The number of aliphatic hydroxyl groups excluding tert-OH is 1. The van der Waals surface area contributed by atoms with Crippen LogP contribution in [0.5, 0.6) is 0 Å². The number of amides is 1. The summed E-state index contributed by atoms with van der Waals surface area (Å²) in [6, 6.07) is 7.70. The second kappa shape index (κ2) is 6.23. The first-order valence-electron chi connectivity index (χ1n) is 5.87. The fraction of sp³-hybridized carbons (Fsp3) is 0.308. The number of rotatable bonds is 5. The maximum Gasteiger partial charge on any atom is 0.261 e. The highest BCUT2D eigenvalue weighted by molar-refractivity contribution is 7.20. The summed E-state index contributed by atoms with van der Waals surface area (Å²) in [5.41, 5.74) is 0.901. The van der Waals surface area contributed by atoms with E-state index in [4.69, 9.17) is 11.6 Å². The van der Waals surface area contributed by atoms with Crippen molar-refractivity contribution in [3.63, 3.8) is 0 Å². The summed E-state index contributed by atoms with van der Waals surface area (Å²) in [6.45, 7) is 0.404. The maximum atomic E-state index is 11.6. The Labute approximate surface area is 120 Å². The van der Waals surface area contributed by atoms with E-state index in [2.05, 4.69) is 10.6 Å². The lowest BCUT2D eigenvalue weighted by atomic mass is 10.2. The number of hydrogen-bond acceptors (Lipinski definition) is 4. The van der Waals surface area contributed by atoms with E-state index in [0.717, 1.165) is 15.8 Å². The molecule has 0 fully saturated rings. The van der Waals surface area contributed by atoms with Crippen LogP contribution < -0.4 is 10.6 Å². The van der Waals surface area contributed by atoms with Crippen LogP contribution in [0.2, 0.25) is 0 Å². The van der Waals surface area contributed by atoms with Crippen molar-refractivity contribution < 1.29 is 9.90 Å². The second-order valence-electron chi connectivity index (χ2n) is 4.13. The predicted octanol–water partition coefficient (Wildman–Crippen LogP) is 2.27. The topological polar surface area (TPSA) is 61.4 Å². The van der Waals surface area contributed by atoms with Gasteiger partial charge < -0.3 is 15.7 Å². The molecule has 6 heteroatoms. The second-order valence-corrected chi connectivity index (χ2v) is 5.52. The minimum absolute atomic E-state index is 0.0757. The number of carbonyl (C=O) groups excluding carboxylic acids is 1. The standard InChI is InChI=1S/C13H15ClN2O2S/c1-15-13(18)12-5-8-4-9(2-3-11(8)19-12)16-7-10(17)6-14/h2-5,10,16-17H,6-7H2,1H3,(H,15,18). The molecule has 19 heavy (non-hydrogen) atoms. The number of halogens is 1. The smallest absolute Gasteiger partial charge is 0.261 e. The average Bonchev–Trinajstić information content (AvgIpc) is 2.86. The van der Waals surface area contributed by atoms with Gasteiger partial charge in [-0.2, -0.15) is 0 Å². The zero-order chi connectivity index (χ0) is 13.8. The van der Waals surface area contributed by atoms with Gasteiger partial charge in [0.05, 0.1) is 16.9 Å². The molecule has 0 spiro atoms. The number of aliphatic hydroxyl groups is 1. The quantitative estimate of drug-likeness (QED) is 0.742. The van der Waals surface area contributed by atoms with Crippen molar-refractivity contribution >= 4 is 44.6 Å². The van der Waals surface area contributed by atoms with Crippen LogP contribution in [-0.4, -0.2) is 36.6 Å². The van der Waals surface area contributed by atoms with Gasteiger partial charge in [-0.15, -0.1) is 22.9 Å². The number of anilines is 1. The monoisotopic (exact) mass is 298 g/mol. The van der Waals surface area contributed by atoms with Gasteiger partial charge in [0.25, 0.3) is 5.91 Å². The Kier molecular flexibility index (Phi) is 4.63. The van der Waals surface area contributed by atoms with Crippen molar-refractivity contribution in [3.05, 3.63) is 29.1 Å². The Hall–Kier alpha value is -1.30. The summed E-state index contributed by atoms with van der Waals surface area (Å²) in [4.78, 5) is 12.2. The summed E-state index contributed by atoms with van der Waals surface area (Å²) in [7, 11) is 1.62. The number of fused-ring (bicyclic) bond motifs is 1. The molecule has 0 aliphatic rings. The summed E-state index contributed by atoms with van der Waals surface area (Å²) in [5.74, 6) is 0.127. The summed E-state index contributed by atoms with van der Waals surface area (Å²) in [5, 5.41) is 16.1. The van der Waals surface area contributed by atoms with E-state index in [1.165, 1.54) is 11.3 Å². The lowest BCUT2D eigenvalue weighted by Crippen LogP contribution is -2.20. The molecule has 3 N–H and O–H groups in total. The summed E-state index contributed by atoms with van der Waals surface area (Å²) < 4.78 is 1.06. The van der Waals surface area contributed by atoms with E-state index < -0.39 is 6.10 Å². The minimum atomic E-state index is -0.568. The Morgan fingerprint density at radius 3 is 2.95 bits per heavy atom. The van der Waals surface area contributed by atoms with Crippen LogP contribution in [0, 0.1) is 0 Å². The molecule has 0 saturated heterocycles. The molecule has 102 valence electrons. The molecule has 2 aromatic rings. The first-order valence-corrected chi connectivity index (χ1v) is 7.22. The van der Waals surface area contributed by atoms with Crippen LogP contribution in [0.25, 0.3) is 10.1 Å². The third-order valence-corrected chi connectivity index (χ3v) is 4.16. The SMILES string of the molecule is CNC(=O)c1cc2cc(NCC(O)CCl)ccc2s1. The van der Waals surface area contributed by atoms with Crippen LogP contribution in [0.3, 0.4) is 0 Å². The first-order chi connectivity index (χ1) is 9.13. The third kappa shape index (κ3) is 3.37. The number of nitrogens with one attached hydrogen (secondary N) is 2.